The first-order chi connectivity index (χ1) is 22.3. The maximum absolute atomic E-state index is 6.39. The molecule has 0 saturated heterocycles. The predicted molar refractivity (Wildman–Crippen MR) is 184 cm³/mol. The summed E-state index contributed by atoms with van der Waals surface area (Å²) >= 11 is 0. The van der Waals surface area contributed by atoms with Crippen molar-refractivity contribution in [3.8, 4) is 45.3 Å². The Kier molecular flexibility index (Phi) is 5.78. The van der Waals surface area contributed by atoms with Crippen LogP contribution in [0.25, 0.3) is 88.8 Å². The third-order valence-electron chi connectivity index (χ3n) is 8.51. The van der Waals surface area contributed by atoms with Crippen molar-refractivity contribution >= 4 is 43.5 Å². The molecule has 0 bridgehead atoms. The number of fused-ring (bicyclic) bond motifs is 5. The van der Waals surface area contributed by atoms with E-state index >= 15 is 0 Å². The Morgan fingerprint density at radius 1 is 0.333 bits per heavy atom. The van der Waals surface area contributed by atoms with Crippen LogP contribution in [-0.4, -0.2) is 15.0 Å². The normalized spacial score (nSPS) is 11.6. The van der Waals surface area contributed by atoms with E-state index in [2.05, 4.69) is 103 Å². The number of rotatable bonds is 4. The molecule has 0 unspecified atom stereocenters. The molecule has 4 heteroatoms. The molecule has 0 spiro atoms. The Labute approximate surface area is 259 Å². The van der Waals surface area contributed by atoms with Gasteiger partial charge in [-0.25, -0.2) is 15.0 Å². The molecule has 0 radical (unpaired) electrons. The number of hydrogen-bond donors (Lipinski definition) is 0. The fourth-order valence-electron chi connectivity index (χ4n) is 6.23. The summed E-state index contributed by atoms with van der Waals surface area (Å²) in [6.07, 6.45) is 0. The van der Waals surface area contributed by atoms with E-state index in [4.69, 9.17) is 19.4 Å². The lowest BCUT2D eigenvalue weighted by atomic mass is 9.99. The van der Waals surface area contributed by atoms with Gasteiger partial charge in [-0.3, -0.25) is 0 Å². The first kappa shape index (κ1) is 25.4. The van der Waals surface area contributed by atoms with Gasteiger partial charge >= 0.3 is 0 Å². The van der Waals surface area contributed by atoms with Gasteiger partial charge < -0.3 is 4.42 Å². The molecular weight excluding hydrogens is 550 g/mol. The lowest BCUT2D eigenvalue weighted by Crippen LogP contribution is -2.00. The third-order valence-corrected chi connectivity index (χ3v) is 8.51. The van der Waals surface area contributed by atoms with E-state index in [-0.39, 0.29) is 0 Å². The van der Waals surface area contributed by atoms with Gasteiger partial charge in [0, 0.05) is 27.5 Å². The first-order valence-electron chi connectivity index (χ1n) is 15.0. The van der Waals surface area contributed by atoms with E-state index in [9.17, 15) is 0 Å². The fourth-order valence-corrected chi connectivity index (χ4v) is 6.23. The van der Waals surface area contributed by atoms with Gasteiger partial charge in [0.25, 0.3) is 0 Å². The molecule has 9 rings (SSSR count). The Morgan fingerprint density at radius 2 is 1.00 bits per heavy atom. The zero-order valence-electron chi connectivity index (χ0n) is 24.2. The van der Waals surface area contributed by atoms with Crippen LogP contribution in [0.15, 0.2) is 156 Å². The number of benzene rings is 7. The van der Waals surface area contributed by atoms with E-state index in [1.54, 1.807) is 0 Å². The molecule has 0 amide bonds. The van der Waals surface area contributed by atoms with Gasteiger partial charge in [0.15, 0.2) is 17.5 Å². The monoisotopic (exact) mass is 575 g/mol. The first-order valence-corrected chi connectivity index (χ1v) is 15.0. The Morgan fingerprint density at radius 3 is 1.89 bits per heavy atom. The standard InChI is InChI=1S/C41H25N3O/c1-2-11-28(12-3-1)39-42-40(44-41(43-39)35-16-8-14-27-10-6-7-15-33(27)35)32-19-21-34-36-24-31(20-22-37(36)45-38(34)25-32)30-18-17-26-9-4-5-13-29(26)23-30/h1-25H. The summed E-state index contributed by atoms with van der Waals surface area (Å²) in [6.45, 7) is 0. The smallest absolute Gasteiger partial charge is 0.164 e. The Bertz CT molecular complexity index is 2540. The highest BCUT2D eigenvalue weighted by Gasteiger charge is 2.16. The molecular formula is C41H25N3O. The Hall–Kier alpha value is -6.13. The van der Waals surface area contributed by atoms with E-state index in [1.165, 1.54) is 16.3 Å². The lowest BCUT2D eigenvalue weighted by Gasteiger charge is -2.10. The second kappa shape index (κ2) is 10.2. The van der Waals surface area contributed by atoms with Crippen LogP contribution in [-0.2, 0) is 0 Å². The molecule has 0 fully saturated rings. The molecule has 7 aromatic carbocycles. The molecule has 0 atom stereocenters. The SMILES string of the molecule is c1ccc(-c2nc(-c3ccc4c(c3)oc3ccc(-c5ccc6ccccc6c5)cc34)nc(-c3cccc4ccccc34)n2)cc1. The van der Waals surface area contributed by atoms with Crippen molar-refractivity contribution in [2.75, 3.05) is 0 Å². The van der Waals surface area contributed by atoms with Crippen LogP contribution in [0.1, 0.15) is 0 Å². The molecule has 9 aromatic rings. The summed E-state index contributed by atoms with van der Waals surface area (Å²) < 4.78 is 6.39. The average molecular weight is 576 g/mol. The molecule has 0 aliphatic heterocycles. The lowest BCUT2D eigenvalue weighted by molar-refractivity contribution is 0.669. The average Bonchev–Trinajstić information content (AvgIpc) is 3.48. The van der Waals surface area contributed by atoms with Crippen LogP contribution in [0.2, 0.25) is 0 Å². The molecule has 210 valence electrons. The Balaban J connectivity index is 1.18. The van der Waals surface area contributed by atoms with Crippen molar-refractivity contribution in [1.82, 2.24) is 15.0 Å². The van der Waals surface area contributed by atoms with Gasteiger partial charge in [0.05, 0.1) is 0 Å². The van der Waals surface area contributed by atoms with Gasteiger partial charge in [-0.2, -0.15) is 0 Å². The molecule has 45 heavy (non-hydrogen) atoms. The van der Waals surface area contributed by atoms with Crippen LogP contribution in [0, 0.1) is 0 Å². The van der Waals surface area contributed by atoms with E-state index in [0.29, 0.717) is 17.5 Å². The van der Waals surface area contributed by atoms with Crippen molar-refractivity contribution < 1.29 is 4.42 Å². The van der Waals surface area contributed by atoms with Crippen LogP contribution < -0.4 is 0 Å². The zero-order valence-corrected chi connectivity index (χ0v) is 24.2. The highest BCUT2D eigenvalue weighted by Crippen LogP contribution is 2.36. The fraction of sp³-hybridized carbons (Fsp3) is 0. The zero-order chi connectivity index (χ0) is 29.7. The summed E-state index contributed by atoms with van der Waals surface area (Å²) in [5.74, 6) is 1.87. The van der Waals surface area contributed by atoms with Gasteiger partial charge in [0.2, 0.25) is 0 Å². The van der Waals surface area contributed by atoms with E-state index in [0.717, 1.165) is 55.0 Å². The quantitative estimate of drug-likeness (QED) is 0.209. The third kappa shape index (κ3) is 4.43. The number of hydrogen-bond acceptors (Lipinski definition) is 4. The maximum atomic E-state index is 6.39. The van der Waals surface area contributed by atoms with E-state index < -0.39 is 0 Å². The predicted octanol–water partition coefficient (Wildman–Crippen LogP) is 10.7. The highest BCUT2D eigenvalue weighted by molar-refractivity contribution is 6.07. The highest BCUT2D eigenvalue weighted by atomic mass is 16.3. The van der Waals surface area contributed by atoms with Crippen molar-refractivity contribution in [3.05, 3.63) is 152 Å². The second-order valence-electron chi connectivity index (χ2n) is 11.3. The van der Waals surface area contributed by atoms with Crippen molar-refractivity contribution in [2.24, 2.45) is 0 Å². The van der Waals surface area contributed by atoms with Gasteiger partial charge in [-0.15, -0.1) is 0 Å². The van der Waals surface area contributed by atoms with Gasteiger partial charge in [-0.1, -0.05) is 121 Å². The summed E-state index contributed by atoms with van der Waals surface area (Å²) in [7, 11) is 0. The minimum absolute atomic E-state index is 0.603. The summed E-state index contributed by atoms with van der Waals surface area (Å²) in [6, 6.07) is 52.3. The van der Waals surface area contributed by atoms with E-state index in [1.807, 2.05) is 48.5 Å². The number of nitrogens with zero attached hydrogens (tertiary/aromatic N) is 3. The van der Waals surface area contributed by atoms with Crippen molar-refractivity contribution in [1.29, 1.82) is 0 Å². The summed E-state index contributed by atoms with van der Waals surface area (Å²) in [4.78, 5) is 14.9. The summed E-state index contributed by atoms with van der Waals surface area (Å²) in [5.41, 5.74) is 6.77. The molecule has 2 heterocycles. The van der Waals surface area contributed by atoms with Crippen molar-refractivity contribution in [2.45, 2.75) is 0 Å². The number of furan rings is 1. The van der Waals surface area contributed by atoms with Crippen molar-refractivity contribution in [3.63, 3.8) is 0 Å². The maximum Gasteiger partial charge on any atom is 0.164 e. The second-order valence-corrected chi connectivity index (χ2v) is 11.3. The molecule has 0 N–H and O–H groups in total. The minimum atomic E-state index is 0.603. The van der Waals surface area contributed by atoms with Crippen LogP contribution in [0.4, 0.5) is 0 Å². The molecule has 4 nitrogen and oxygen atoms in total. The van der Waals surface area contributed by atoms with Crippen LogP contribution in [0.5, 0.6) is 0 Å². The topological polar surface area (TPSA) is 51.8 Å². The largest absolute Gasteiger partial charge is 0.456 e. The van der Waals surface area contributed by atoms with Gasteiger partial charge in [-0.05, 0) is 63.0 Å². The van der Waals surface area contributed by atoms with Crippen LogP contribution >= 0.6 is 0 Å². The molecule has 0 saturated carbocycles. The summed E-state index contributed by atoms with van der Waals surface area (Å²) in [5, 5.41) is 6.85. The van der Waals surface area contributed by atoms with Gasteiger partial charge in [0.1, 0.15) is 11.2 Å². The molecule has 0 aliphatic carbocycles. The molecule has 0 aliphatic rings. The molecule has 2 aromatic heterocycles. The number of aromatic nitrogens is 3. The van der Waals surface area contributed by atoms with Crippen LogP contribution in [0.3, 0.4) is 0 Å². The minimum Gasteiger partial charge on any atom is -0.456 e.